The second kappa shape index (κ2) is 7.82. The first-order chi connectivity index (χ1) is 10.7. The van der Waals surface area contributed by atoms with Crippen LogP contribution in [0.15, 0.2) is 23.5 Å². The smallest absolute Gasteiger partial charge is 0.310 e. The van der Waals surface area contributed by atoms with Gasteiger partial charge in [0.15, 0.2) is 5.96 Å². The van der Waals surface area contributed by atoms with Gasteiger partial charge in [0.05, 0.1) is 26.1 Å². The summed E-state index contributed by atoms with van der Waals surface area (Å²) >= 11 is 0. The Morgan fingerprint density at radius 2 is 2.32 bits per heavy atom. The Kier molecular flexibility index (Phi) is 5.80. The van der Waals surface area contributed by atoms with Crippen molar-refractivity contribution in [1.82, 2.24) is 20.0 Å². The molecule has 122 valence electrons. The fraction of sp³-hybridized carbons (Fsp3) is 0.667. The van der Waals surface area contributed by atoms with Crippen LogP contribution in [0, 0.1) is 11.8 Å². The standard InChI is InChI=1S/C15H25N5O2/c1-4-16-15(17-7-9-20-8-5-6-18-20)19-10-12(2)13(11-19)14(21)22-3/h5-6,8,12-13H,4,7,9-11H2,1-3H3,(H,16,17). The maximum Gasteiger partial charge on any atom is 0.310 e. The van der Waals surface area contributed by atoms with Crippen molar-refractivity contribution in [3.05, 3.63) is 18.5 Å². The summed E-state index contributed by atoms with van der Waals surface area (Å²) in [6.07, 6.45) is 3.69. The van der Waals surface area contributed by atoms with E-state index in [0.717, 1.165) is 25.6 Å². The number of methoxy groups -OCH3 is 1. The van der Waals surface area contributed by atoms with E-state index in [9.17, 15) is 4.79 Å². The van der Waals surface area contributed by atoms with Crippen LogP contribution >= 0.6 is 0 Å². The molecule has 2 heterocycles. The number of nitrogens with zero attached hydrogens (tertiary/aromatic N) is 4. The average Bonchev–Trinajstić information content (AvgIpc) is 3.15. The number of hydrogen-bond acceptors (Lipinski definition) is 4. The Hall–Kier alpha value is -2.05. The number of likely N-dealkylation sites (tertiary alicyclic amines) is 1. The molecule has 1 aromatic rings. The van der Waals surface area contributed by atoms with E-state index in [1.54, 1.807) is 6.20 Å². The van der Waals surface area contributed by atoms with Gasteiger partial charge in [-0.2, -0.15) is 5.10 Å². The Morgan fingerprint density at radius 1 is 1.50 bits per heavy atom. The van der Waals surface area contributed by atoms with Gasteiger partial charge in [-0.25, -0.2) is 0 Å². The maximum atomic E-state index is 11.8. The Bertz CT molecular complexity index is 500. The highest BCUT2D eigenvalue weighted by Crippen LogP contribution is 2.24. The van der Waals surface area contributed by atoms with Crippen molar-refractivity contribution in [2.24, 2.45) is 16.8 Å². The minimum absolute atomic E-state index is 0.0834. The molecule has 0 saturated carbocycles. The summed E-state index contributed by atoms with van der Waals surface area (Å²) in [5.41, 5.74) is 0. The molecule has 0 amide bonds. The van der Waals surface area contributed by atoms with Crippen molar-refractivity contribution in [3.8, 4) is 0 Å². The summed E-state index contributed by atoms with van der Waals surface area (Å²) < 4.78 is 6.74. The summed E-state index contributed by atoms with van der Waals surface area (Å²) in [6.45, 7) is 7.78. The molecule has 1 N–H and O–H groups in total. The van der Waals surface area contributed by atoms with Gasteiger partial charge >= 0.3 is 5.97 Å². The lowest BCUT2D eigenvalue weighted by atomic mass is 9.99. The van der Waals surface area contributed by atoms with Crippen LogP contribution in [-0.4, -0.2) is 59.9 Å². The summed E-state index contributed by atoms with van der Waals surface area (Å²) in [7, 11) is 1.45. The highest BCUT2D eigenvalue weighted by molar-refractivity contribution is 5.82. The van der Waals surface area contributed by atoms with E-state index in [-0.39, 0.29) is 17.8 Å². The topological polar surface area (TPSA) is 71.8 Å². The lowest BCUT2D eigenvalue weighted by Crippen LogP contribution is -2.40. The van der Waals surface area contributed by atoms with E-state index in [1.165, 1.54) is 7.11 Å². The number of nitrogens with one attached hydrogen (secondary N) is 1. The van der Waals surface area contributed by atoms with Crippen molar-refractivity contribution >= 4 is 11.9 Å². The molecule has 1 aliphatic heterocycles. The molecule has 7 nitrogen and oxygen atoms in total. The van der Waals surface area contributed by atoms with Crippen LogP contribution in [-0.2, 0) is 16.1 Å². The Morgan fingerprint density at radius 3 is 2.95 bits per heavy atom. The van der Waals surface area contributed by atoms with E-state index in [2.05, 4.69) is 27.2 Å². The van der Waals surface area contributed by atoms with Crippen molar-refractivity contribution in [1.29, 1.82) is 0 Å². The zero-order valence-electron chi connectivity index (χ0n) is 13.5. The van der Waals surface area contributed by atoms with Crippen LogP contribution in [0.1, 0.15) is 13.8 Å². The van der Waals surface area contributed by atoms with E-state index < -0.39 is 0 Å². The molecule has 1 aromatic heterocycles. The van der Waals surface area contributed by atoms with E-state index in [1.807, 2.05) is 23.9 Å². The molecular weight excluding hydrogens is 282 g/mol. The average molecular weight is 307 g/mol. The Balaban J connectivity index is 1.97. The second-order valence-corrected chi connectivity index (χ2v) is 5.52. The first-order valence-electron chi connectivity index (χ1n) is 7.74. The fourth-order valence-corrected chi connectivity index (χ4v) is 2.71. The monoisotopic (exact) mass is 307 g/mol. The van der Waals surface area contributed by atoms with Crippen LogP contribution in [0.5, 0.6) is 0 Å². The van der Waals surface area contributed by atoms with Gasteiger partial charge in [-0.3, -0.25) is 14.5 Å². The molecular formula is C15H25N5O2. The van der Waals surface area contributed by atoms with Gasteiger partial charge in [0.2, 0.25) is 0 Å². The lowest BCUT2D eigenvalue weighted by Gasteiger charge is -2.21. The summed E-state index contributed by atoms with van der Waals surface area (Å²) in [4.78, 5) is 18.6. The minimum Gasteiger partial charge on any atom is -0.469 e. The number of esters is 1. The number of carbonyl (C=O) groups excluding carboxylic acids is 1. The SMILES string of the molecule is CCNC(=NCCn1cccn1)N1CC(C)C(C(=O)OC)C1. The molecule has 0 bridgehead atoms. The summed E-state index contributed by atoms with van der Waals surface area (Å²) in [5.74, 6) is 0.901. The number of aromatic nitrogens is 2. The van der Waals surface area contributed by atoms with E-state index >= 15 is 0 Å². The molecule has 1 saturated heterocycles. The number of ether oxygens (including phenoxy) is 1. The van der Waals surface area contributed by atoms with Gasteiger partial charge in [-0.15, -0.1) is 0 Å². The molecule has 7 heteroatoms. The Labute approximate surface area is 131 Å². The number of aliphatic imine (C=N–C) groups is 1. The van der Waals surface area contributed by atoms with Gasteiger partial charge in [0.1, 0.15) is 0 Å². The van der Waals surface area contributed by atoms with Crippen LogP contribution in [0.4, 0.5) is 0 Å². The zero-order valence-corrected chi connectivity index (χ0v) is 13.5. The van der Waals surface area contributed by atoms with Gasteiger partial charge in [-0.1, -0.05) is 6.92 Å². The van der Waals surface area contributed by atoms with Crippen molar-refractivity contribution < 1.29 is 9.53 Å². The summed E-state index contributed by atoms with van der Waals surface area (Å²) in [5, 5.41) is 7.46. The third-order valence-corrected chi connectivity index (χ3v) is 3.90. The maximum absolute atomic E-state index is 11.8. The van der Waals surface area contributed by atoms with E-state index in [0.29, 0.717) is 13.1 Å². The lowest BCUT2D eigenvalue weighted by molar-refractivity contribution is -0.145. The van der Waals surface area contributed by atoms with Crippen LogP contribution in [0.2, 0.25) is 0 Å². The van der Waals surface area contributed by atoms with Crippen LogP contribution in [0.25, 0.3) is 0 Å². The zero-order chi connectivity index (χ0) is 15.9. The molecule has 0 radical (unpaired) electrons. The molecule has 2 unspecified atom stereocenters. The molecule has 0 aliphatic carbocycles. The second-order valence-electron chi connectivity index (χ2n) is 5.52. The molecule has 2 atom stereocenters. The molecule has 1 fully saturated rings. The first kappa shape index (κ1) is 16.3. The minimum atomic E-state index is -0.137. The van der Waals surface area contributed by atoms with E-state index in [4.69, 9.17) is 4.74 Å². The predicted octanol–water partition coefficient (Wildman–Crippen LogP) is 0.590. The quantitative estimate of drug-likeness (QED) is 0.490. The highest BCUT2D eigenvalue weighted by atomic mass is 16.5. The number of hydrogen-bond donors (Lipinski definition) is 1. The van der Waals surface area contributed by atoms with Gasteiger partial charge in [-0.05, 0) is 18.9 Å². The van der Waals surface area contributed by atoms with Crippen molar-refractivity contribution in [3.63, 3.8) is 0 Å². The summed E-state index contributed by atoms with van der Waals surface area (Å²) in [6, 6.07) is 1.90. The van der Waals surface area contributed by atoms with Crippen molar-refractivity contribution in [2.45, 2.75) is 20.4 Å². The number of guanidine groups is 1. The molecule has 0 spiro atoms. The molecule has 22 heavy (non-hydrogen) atoms. The molecule has 0 aromatic carbocycles. The predicted molar refractivity (Wildman–Crippen MR) is 84.4 cm³/mol. The fourth-order valence-electron chi connectivity index (χ4n) is 2.71. The van der Waals surface area contributed by atoms with Gasteiger partial charge in [0, 0.05) is 32.0 Å². The third kappa shape index (κ3) is 3.99. The van der Waals surface area contributed by atoms with Crippen LogP contribution < -0.4 is 5.32 Å². The molecule has 1 aliphatic rings. The van der Waals surface area contributed by atoms with Crippen molar-refractivity contribution in [2.75, 3.05) is 33.3 Å². The highest BCUT2D eigenvalue weighted by Gasteiger charge is 2.36. The molecule has 2 rings (SSSR count). The number of rotatable bonds is 5. The number of carbonyl (C=O) groups is 1. The van der Waals surface area contributed by atoms with Gasteiger partial charge in [0.25, 0.3) is 0 Å². The first-order valence-corrected chi connectivity index (χ1v) is 7.74. The van der Waals surface area contributed by atoms with Crippen LogP contribution in [0.3, 0.4) is 0 Å². The normalized spacial score (nSPS) is 22.0. The third-order valence-electron chi connectivity index (χ3n) is 3.90. The van der Waals surface area contributed by atoms with Gasteiger partial charge < -0.3 is 15.0 Å². The largest absolute Gasteiger partial charge is 0.469 e.